The molecule has 1 N–H and O–H groups in total. The number of nitrogens with zero attached hydrogens (tertiary/aromatic N) is 5. The van der Waals surface area contributed by atoms with Crippen LogP contribution >= 0.6 is 11.3 Å². The van der Waals surface area contributed by atoms with Crippen LogP contribution in [0.25, 0.3) is 4.96 Å². The molecule has 0 aliphatic carbocycles. The molecule has 0 saturated carbocycles. The van der Waals surface area contributed by atoms with Crippen LogP contribution in [0.3, 0.4) is 0 Å². The smallest absolute Gasteiger partial charge is 0.321 e. The van der Waals surface area contributed by atoms with Crippen LogP contribution in [0, 0.1) is 5.92 Å². The number of piperazine rings is 1. The molecule has 4 heterocycles. The number of piperidine rings is 1. The average Bonchev–Trinajstić information content (AvgIpc) is 3.34. The highest BCUT2D eigenvalue weighted by Crippen LogP contribution is 2.22. The molecule has 34 heavy (non-hydrogen) atoms. The average molecular weight is 481 g/mol. The second-order valence-electron chi connectivity index (χ2n) is 8.80. The van der Waals surface area contributed by atoms with Crippen LogP contribution in [-0.2, 0) is 11.3 Å². The van der Waals surface area contributed by atoms with E-state index in [1.54, 1.807) is 21.6 Å². The standard InChI is InChI=1S/C24H28N6O3S/c31-21-16-20(26-24-30(21)14-15-34-24)17-27-10-12-28(13-11-27)22(32)18-6-8-29(9-7-18)23(33)25-19-4-2-1-3-5-19/h1-5,14-16,18H,6-13,17H2,(H,25,33). The van der Waals surface area contributed by atoms with Gasteiger partial charge in [0.1, 0.15) is 0 Å². The number of nitrogens with one attached hydrogen (secondary N) is 1. The van der Waals surface area contributed by atoms with Gasteiger partial charge in [-0.25, -0.2) is 9.78 Å². The van der Waals surface area contributed by atoms with Crippen LogP contribution in [-0.4, -0.2) is 75.3 Å². The number of benzene rings is 1. The Labute approximate surface area is 201 Å². The van der Waals surface area contributed by atoms with Crippen LogP contribution in [0.5, 0.6) is 0 Å². The van der Waals surface area contributed by atoms with E-state index >= 15 is 0 Å². The van der Waals surface area contributed by atoms with Crippen molar-refractivity contribution in [3.63, 3.8) is 0 Å². The van der Waals surface area contributed by atoms with Crippen molar-refractivity contribution in [3.8, 4) is 0 Å². The SMILES string of the molecule is O=C(Nc1ccccc1)N1CCC(C(=O)N2CCN(Cc3cc(=O)n4ccsc4n3)CC2)CC1. The van der Waals surface area contributed by atoms with Gasteiger partial charge in [0.25, 0.3) is 5.56 Å². The molecule has 2 fully saturated rings. The highest BCUT2D eigenvalue weighted by Gasteiger charge is 2.31. The van der Waals surface area contributed by atoms with Crippen molar-refractivity contribution in [2.75, 3.05) is 44.6 Å². The maximum Gasteiger partial charge on any atom is 0.321 e. The summed E-state index contributed by atoms with van der Waals surface area (Å²) in [6, 6.07) is 10.9. The number of urea groups is 1. The van der Waals surface area contributed by atoms with Crippen molar-refractivity contribution >= 4 is 33.9 Å². The molecule has 3 aromatic rings. The number of anilines is 1. The second kappa shape index (κ2) is 9.94. The second-order valence-corrected chi connectivity index (χ2v) is 9.67. The third kappa shape index (κ3) is 4.97. The molecule has 0 radical (unpaired) electrons. The number of hydrogen-bond acceptors (Lipinski definition) is 6. The molecule has 2 aliphatic heterocycles. The first kappa shape index (κ1) is 22.5. The van der Waals surface area contributed by atoms with E-state index in [-0.39, 0.29) is 23.4 Å². The Morgan fingerprint density at radius 1 is 1.00 bits per heavy atom. The Hall–Kier alpha value is -3.24. The number of rotatable bonds is 4. The molecule has 0 spiro atoms. The van der Waals surface area contributed by atoms with E-state index in [2.05, 4.69) is 15.2 Å². The van der Waals surface area contributed by atoms with Crippen molar-refractivity contribution in [1.82, 2.24) is 24.1 Å². The summed E-state index contributed by atoms with van der Waals surface area (Å²) < 4.78 is 1.56. The van der Waals surface area contributed by atoms with Gasteiger partial charge in [-0.15, -0.1) is 11.3 Å². The van der Waals surface area contributed by atoms with Crippen molar-refractivity contribution in [1.29, 1.82) is 0 Å². The largest absolute Gasteiger partial charge is 0.340 e. The van der Waals surface area contributed by atoms with Crippen LogP contribution in [0.2, 0.25) is 0 Å². The fourth-order valence-electron chi connectivity index (χ4n) is 4.64. The predicted octanol–water partition coefficient (Wildman–Crippen LogP) is 2.34. The normalized spacial score (nSPS) is 17.8. The van der Waals surface area contributed by atoms with E-state index < -0.39 is 0 Å². The van der Waals surface area contributed by atoms with E-state index in [1.165, 1.54) is 11.3 Å². The topological polar surface area (TPSA) is 90.3 Å². The van der Waals surface area contributed by atoms with Crippen molar-refractivity contribution in [2.45, 2.75) is 19.4 Å². The van der Waals surface area contributed by atoms with E-state index in [1.807, 2.05) is 40.6 Å². The number of thiazole rings is 1. The number of amides is 3. The molecular formula is C24H28N6O3S. The fourth-order valence-corrected chi connectivity index (χ4v) is 5.37. The maximum atomic E-state index is 13.1. The van der Waals surface area contributed by atoms with Gasteiger partial charge in [0.15, 0.2) is 4.96 Å². The van der Waals surface area contributed by atoms with Crippen LogP contribution < -0.4 is 10.9 Å². The summed E-state index contributed by atoms with van der Waals surface area (Å²) in [7, 11) is 0. The predicted molar refractivity (Wildman–Crippen MR) is 131 cm³/mol. The van der Waals surface area contributed by atoms with Gasteiger partial charge in [0.2, 0.25) is 5.91 Å². The van der Waals surface area contributed by atoms with Crippen LogP contribution in [0.4, 0.5) is 10.5 Å². The molecule has 5 rings (SSSR count). The van der Waals surface area contributed by atoms with Crippen molar-refractivity contribution in [3.05, 3.63) is 64.0 Å². The Kier molecular flexibility index (Phi) is 6.59. The summed E-state index contributed by atoms with van der Waals surface area (Å²) in [6.07, 6.45) is 3.12. The Balaban J connectivity index is 1.08. The van der Waals surface area contributed by atoms with Gasteiger partial charge in [-0.3, -0.25) is 18.9 Å². The number of fused-ring (bicyclic) bond motifs is 1. The molecule has 2 saturated heterocycles. The van der Waals surface area contributed by atoms with Crippen LogP contribution in [0.15, 0.2) is 52.8 Å². The monoisotopic (exact) mass is 480 g/mol. The summed E-state index contributed by atoms with van der Waals surface area (Å²) >= 11 is 1.45. The highest BCUT2D eigenvalue weighted by atomic mass is 32.1. The summed E-state index contributed by atoms with van der Waals surface area (Å²) in [6.45, 7) is 4.65. The summed E-state index contributed by atoms with van der Waals surface area (Å²) in [5, 5.41) is 4.78. The van der Waals surface area contributed by atoms with Crippen LogP contribution in [0.1, 0.15) is 18.5 Å². The lowest BCUT2D eigenvalue weighted by Gasteiger charge is -2.38. The lowest BCUT2D eigenvalue weighted by molar-refractivity contribution is -0.138. The molecule has 0 bridgehead atoms. The summed E-state index contributed by atoms with van der Waals surface area (Å²) in [5.41, 5.74) is 1.49. The quantitative estimate of drug-likeness (QED) is 0.619. The highest BCUT2D eigenvalue weighted by molar-refractivity contribution is 7.15. The maximum absolute atomic E-state index is 13.1. The minimum atomic E-state index is -0.111. The number of likely N-dealkylation sites (tertiary alicyclic amines) is 1. The van der Waals surface area contributed by atoms with E-state index in [0.29, 0.717) is 50.5 Å². The van der Waals surface area contributed by atoms with Gasteiger partial charge < -0.3 is 15.1 Å². The van der Waals surface area contributed by atoms with Gasteiger partial charge in [-0.2, -0.15) is 0 Å². The zero-order valence-electron chi connectivity index (χ0n) is 18.9. The molecule has 0 atom stereocenters. The van der Waals surface area contributed by atoms with Gasteiger partial charge in [-0.1, -0.05) is 18.2 Å². The number of hydrogen-bond donors (Lipinski definition) is 1. The first-order valence-corrected chi connectivity index (χ1v) is 12.5. The first-order valence-electron chi connectivity index (χ1n) is 11.6. The molecule has 1 aromatic carbocycles. The van der Waals surface area contributed by atoms with Crippen molar-refractivity contribution in [2.24, 2.45) is 5.92 Å². The Morgan fingerprint density at radius 3 is 2.47 bits per heavy atom. The fraction of sp³-hybridized carbons (Fsp3) is 0.417. The van der Waals surface area contributed by atoms with Gasteiger partial charge in [0.05, 0.1) is 5.69 Å². The third-order valence-corrected chi connectivity index (χ3v) is 7.34. The zero-order chi connectivity index (χ0) is 23.5. The molecule has 10 heteroatoms. The number of carbonyl (C=O) groups is 2. The zero-order valence-corrected chi connectivity index (χ0v) is 19.7. The van der Waals surface area contributed by atoms with Gasteiger partial charge in [0, 0.05) is 75.1 Å². The van der Waals surface area contributed by atoms with Gasteiger partial charge >= 0.3 is 6.03 Å². The molecule has 2 aliphatic rings. The minimum absolute atomic E-state index is 0.0322. The number of carbonyl (C=O) groups excluding carboxylic acids is 2. The number of para-hydroxylation sites is 1. The molecule has 178 valence electrons. The number of aromatic nitrogens is 2. The third-order valence-electron chi connectivity index (χ3n) is 6.58. The summed E-state index contributed by atoms with van der Waals surface area (Å²) in [5.74, 6) is 0.161. The molecule has 2 aromatic heterocycles. The Morgan fingerprint density at radius 2 is 1.74 bits per heavy atom. The minimum Gasteiger partial charge on any atom is -0.340 e. The lowest BCUT2D eigenvalue weighted by Crippen LogP contribution is -2.52. The Bertz CT molecular complexity index is 1210. The molecular weight excluding hydrogens is 452 g/mol. The molecule has 3 amide bonds. The summed E-state index contributed by atoms with van der Waals surface area (Å²) in [4.78, 5) is 49.1. The van der Waals surface area contributed by atoms with Crippen molar-refractivity contribution < 1.29 is 9.59 Å². The first-order chi connectivity index (χ1) is 16.6. The molecule has 9 nitrogen and oxygen atoms in total. The molecule has 0 unspecified atom stereocenters. The van der Waals surface area contributed by atoms with E-state index in [9.17, 15) is 14.4 Å². The lowest BCUT2D eigenvalue weighted by atomic mass is 9.95. The van der Waals surface area contributed by atoms with E-state index in [4.69, 9.17) is 0 Å². The van der Waals surface area contributed by atoms with E-state index in [0.717, 1.165) is 24.5 Å². The van der Waals surface area contributed by atoms with Gasteiger partial charge in [-0.05, 0) is 25.0 Å².